The molecule has 1 aliphatic carbocycles. The van der Waals surface area contributed by atoms with Crippen LogP contribution in [0.5, 0.6) is 0 Å². The molecule has 0 heterocycles. The zero-order valence-corrected chi connectivity index (χ0v) is 7.67. The fourth-order valence-electron chi connectivity index (χ4n) is 1.81. The second-order valence-electron chi connectivity index (χ2n) is 3.87. The van der Waals surface area contributed by atoms with E-state index in [4.69, 9.17) is 5.73 Å². The van der Waals surface area contributed by atoms with Crippen LogP contribution in [0.1, 0.15) is 29.0 Å². The van der Waals surface area contributed by atoms with Gasteiger partial charge in [0.1, 0.15) is 0 Å². The van der Waals surface area contributed by atoms with Crippen LogP contribution in [-0.4, -0.2) is 6.04 Å². The molecule has 0 saturated heterocycles. The summed E-state index contributed by atoms with van der Waals surface area (Å²) in [6, 6.07) is 7.06. The third-order valence-electron chi connectivity index (χ3n) is 2.66. The van der Waals surface area contributed by atoms with Crippen molar-refractivity contribution < 1.29 is 0 Å². The van der Waals surface area contributed by atoms with Gasteiger partial charge in [0.2, 0.25) is 0 Å². The van der Waals surface area contributed by atoms with Crippen molar-refractivity contribution in [3.05, 3.63) is 34.9 Å². The maximum Gasteiger partial charge on any atom is 0.0115 e. The summed E-state index contributed by atoms with van der Waals surface area (Å²) in [7, 11) is 0. The Morgan fingerprint density at radius 2 is 2.00 bits per heavy atom. The monoisotopic (exact) mass is 161 g/mol. The molecule has 2 N–H and O–H groups in total. The quantitative estimate of drug-likeness (QED) is 0.670. The van der Waals surface area contributed by atoms with E-state index in [1.54, 1.807) is 0 Å². The molecule has 0 aliphatic heterocycles. The van der Waals surface area contributed by atoms with Crippen LogP contribution < -0.4 is 5.73 Å². The summed E-state index contributed by atoms with van der Waals surface area (Å²) in [6.07, 6.45) is 1.17. The van der Waals surface area contributed by atoms with Crippen molar-refractivity contribution in [2.45, 2.75) is 32.2 Å². The van der Waals surface area contributed by atoms with Gasteiger partial charge in [-0.3, -0.25) is 0 Å². The van der Waals surface area contributed by atoms with Crippen LogP contribution >= 0.6 is 0 Å². The van der Waals surface area contributed by atoms with Crippen LogP contribution in [0.2, 0.25) is 0 Å². The number of nitrogens with two attached hydrogens (primary N) is 1. The lowest BCUT2D eigenvalue weighted by Gasteiger charge is -2.04. The minimum Gasteiger partial charge on any atom is -0.327 e. The third-order valence-corrected chi connectivity index (χ3v) is 2.66. The summed E-state index contributed by atoms with van der Waals surface area (Å²) in [4.78, 5) is 0. The first kappa shape index (κ1) is 7.81. The molecule has 2 atom stereocenters. The van der Waals surface area contributed by atoms with Crippen LogP contribution in [0.15, 0.2) is 18.2 Å². The molecule has 2 rings (SSSR count). The highest BCUT2D eigenvalue weighted by Gasteiger charge is 2.35. The van der Waals surface area contributed by atoms with Crippen LogP contribution in [0.25, 0.3) is 0 Å². The molecule has 0 unspecified atom stereocenters. The maximum absolute atomic E-state index is 5.81. The molecule has 1 fully saturated rings. The normalized spacial score (nSPS) is 27.2. The molecule has 1 heteroatoms. The van der Waals surface area contributed by atoms with E-state index >= 15 is 0 Å². The molecule has 1 aliphatic rings. The molecule has 0 spiro atoms. The lowest BCUT2D eigenvalue weighted by molar-refractivity contribution is 0.979. The summed E-state index contributed by atoms with van der Waals surface area (Å²) in [5, 5.41) is 0. The van der Waals surface area contributed by atoms with Crippen molar-refractivity contribution in [2.24, 2.45) is 5.73 Å². The Morgan fingerprint density at radius 3 is 2.50 bits per heavy atom. The highest BCUT2D eigenvalue weighted by Crippen LogP contribution is 2.40. The summed E-state index contributed by atoms with van der Waals surface area (Å²) >= 11 is 0. The Hall–Kier alpha value is -0.820. The molecule has 0 amide bonds. The van der Waals surface area contributed by atoms with Gasteiger partial charge in [0.25, 0.3) is 0 Å². The molecular weight excluding hydrogens is 146 g/mol. The largest absolute Gasteiger partial charge is 0.327 e. The molecule has 0 aromatic heterocycles. The zero-order chi connectivity index (χ0) is 8.72. The van der Waals surface area contributed by atoms with E-state index in [0.29, 0.717) is 12.0 Å². The molecule has 1 aromatic rings. The first-order chi connectivity index (χ1) is 5.68. The van der Waals surface area contributed by atoms with E-state index in [1.165, 1.54) is 23.1 Å². The summed E-state index contributed by atoms with van der Waals surface area (Å²) in [5.74, 6) is 0.644. The SMILES string of the molecule is Cc1ccc([C@@H]2C[C@H]2N)c(C)c1. The van der Waals surface area contributed by atoms with Gasteiger partial charge in [0, 0.05) is 12.0 Å². The van der Waals surface area contributed by atoms with E-state index < -0.39 is 0 Å². The van der Waals surface area contributed by atoms with Crippen LogP contribution in [-0.2, 0) is 0 Å². The standard InChI is InChI=1S/C11H15N/c1-7-3-4-9(8(2)5-7)10-6-11(10)12/h3-5,10-11H,6,12H2,1-2H3/t10-,11+/m0/s1. The average molecular weight is 161 g/mol. The number of benzene rings is 1. The Balaban J connectivity index is 2.33. The second-order valence-corrected chi connectivity index (χ2v) is 3.87. The van der Waals surface area contributed by atoms with Gasteiger partial charge in [-0.25, -0.2) is 0 Å². The fraction of sp³-hybridized carbons (Fsp3) is 0.455. The van der Waals surface area contributed by atoms with Crippen molar-refractivity contribution in [1.29, 1.82) is 0 Å². The number of aryl methyl sites for hydroxylation is 2. The minimum absolute atomic E-state index is 0.423. The van der Waals surface area contributed by atoms with Crippen molar-refractivity contribution in [3.8, 4) is 0 Å². The fourth-order valence-corrected chi connectivity index (χ4v) is 1.81. The van der Waals surface area contributed by atoms with Gasteiger partial charge in [0.15, 0.2) is 0 Å². The molecule has 0 radical (unpaired) electrons. The smallest absolute Gasteiger partial charge is 0.0115 e. The number of hydrogen-bond acceptors (Lipinski definition) is 1. The van der Waals surface area contributed by atoms with Crippen molar-refractivity contribution in [3.63, 3.8) is 0 Å². The summed E-state index contributed by atoms with van der Waals surface area (Å²) in [5.41, 5.74) is 9.99. The Morgan fingerprint density at radius 1 is 1.33 bits per heavy atom. The van der Waals surface area contributed by atoms with Crippen molar-refractivity contribution in [1.82, 2.24) is 0 Å². The van der Waals surface area contributed by atoms with Gasteiger partial charge < -0.3 is 5.73 Å². The Kier molecular flexibility index (Phi) is 1.69. The van der Waals surface area contributed by atoms with Gasteiger partial charge in [-0.2, -0.15) is 0 Å². The Bertz CT molecular complexity index is 304. The molecule has 12 heavy (non-hydrogen) atoms. The lowest BCUT2D eigenvalue weighted by atomic mass is 10.0. The van der Waals surface area contributed by atoms with Gasteiger partial charge in [-0.15, -0.1) is 0 Å². The van der Waals surface area contributed by atoms with E-state index in [9.17, 15) is 0 Å². The predicted molar refractivity (Wildman–Crippen MR) is 51.2 cm³/mol. The Labute approximate surface area is 73.6 Å². The van der Waals surface area contributed by atoms with E-state index in [-0.39, 0.29) is 0 Å². The predicted octanol–water partition coefficient (Wildman–Crippen LogP) is 2.12. The molecule has 0 bridgehead atoms. The van der Waals surface area contributed by atoms with Crippen LogP contribution in [0.4, 0.5) is 0 Å². The van der Waals surface area contributed by atoms with Crippen molar-refractivity contribution >= 4 is 0 Å². The van der Waals surface area contributed by atoms with E-state index in [2.05, 4.69) is 32.0 Å². The highest BCUT2D eigenvalue weighted by molar-refractivity contribution is 5.37. The molecule has 1 aromatic carbocycles. The number of hydrogen-bond donors (Lipinski definition) is 1. The topological polar surface area (TPSA) is 26.0 Å². The summed E-state index contributed by atoms with van der Waals surface area (Å²) < 4.78 is 0. The van der Waals surface area contributed by atoms with Gasteiger partial charge in [-0.1, -0.05) is 23.8 Å². The van der Waals surface area contributed by atoms with E-state index in [1.807, 2.05) is 0 Å². The molecule has 64 valence electrons. The molecule has 1 saturated carbocycles. The van der Waals surface area contributed by atoms with E-state index in [0.717, 1.165) is 0 Å². The third kappa shape index (κ3) is 1.25. The maximum atomic E-state index is 5.81. The first-order valence-corrected chi connectivity index (χ1v) is 4.51. The minimum atomic E-state index is 0.423. The highest BCUT2D eigenvalue weighted by atomic mass is 14.7. The second kappa shape index (κ2) is 2.60. The lowest BCUT2D eigenvalue weighted by Crippen LogP contribution is -2.01. The molecular formula is C11H15N. The van der Waals surface area contributed by atoms with Gasteiger partial charge in [0.05, 0.1) is 0 Å². The van der Waals surface area contributed by atoms with Crippen LogP contribution in [0.3, 0.4) is 0 Å². The zero-order valence-electron chi connectivity index (χ0n) is 7.67. The average Bonchev–Trinajstić information content (AvgIpc) is 2.66. The summed E-state index contributed by atoms with van der Waals surface area (Å²) in [6.45, 7) is 4.30. The number of rotatable bonds is 1. The molecule has 1 nitrogen and oxygen atoms in total. The van der Waals surface area contributed by atoms with Gasteiger partial charge in [-0.05, 0) is 31.4 Å². The van der Waals surface area contributed by atoms with Crippen molar-refractivity contribution in [2.75, 3.05) is 0 Å². The van der Waals surface area contributed by atoms with Gasteiger partial charge >= 0.3 is 0 Å². The first-order valence-electron chi connectivity index (χ1n) is 4.51. The van der Waals surface area contributed by atoms with Crippen LogP contribution in [0, 0.1) is 13.8 Å².